The van der Waals surface area contributed by atoms with Crippen LogP contribution in [-0.2, 0) is 14.4 Å². The fourth-order valence-corrected chi connectivity index (χ4v) is 4.94. The Bertz CT molecular complexity index is 1120. The van der Waals surface area contributed by atoms with Crippen LogP contribution in [0.3, 0.4) is 0 Å². The zero-order chi connectivity index (χ0) is 22.2. The van der Waals surface area contributed by atoms with Gasteiger partial charge in [-0.3, -0.25) is 14.4 Å². The van der Waals surface area contributed by atoms with Gasteiger partial charge in [0.2, 0.25) is 0 Å². The van der Waals surface area contributed by atoms with Crippen molar-refractivity contribution in [1.29, 1.82) is 0 Å². The summed E-state index contributed by atoms with van der Waals surface area (Å²) in [5.41, 5.74) is 1.28. The zero-order valence-electron chi connectivity index (χ0n) is 17.0. The van der Waals surface area contributed by atoms with Crippen molar-refractivity contribution in [3.8, 4) is 5.75 Å². The van der Waals surface area contributed by atoms with Crippen molar-refractivity contribution < 1.29 is 19.1 Å². The smallest absolute Gasteiger partial charge is 0.262 e. The van der Waals surface area contributed by atoms with Crippen LogP contribution < -0.4 is 10.1 Å². The fraction of sp³-hybridized carbons (Fsp3) is 0.250. The first-order valence-electron chi connectivity index (χ1n) is 10.4. The Morgan fingerprint density at radius 2 is 1.78 bits per heavy atom. The monoisotopic (exact) mass is 449 g/mol. The molecule has 1 N–H and O–H groups in total. The van der Waals surface area contributed by atoms with Crippen molar-refractivity contribution in [3.63, 3.8) is 0 Å². The molecule has 3 amide bonds. The van der Waals surface area contributed by atoms with Crippen molar-refractivity contribution in [3.05, 3.63) is 71.3 Å². The van der Waals surface area contributed by atoms with Gasteiger partial charge in [-0.05, 0) is 54.2 Å². The van der Waals surface area contributed by atoms with E-state index >= 15 is 0 Å². The number of halogens is 1. The molecule has 2 fully saturated rings. The van der Waals surface area contributed by atoms with Crippen LogP contribution in [0.1, 0.15) is 12.0 Å². The van der Waals surface area contributed by atoms with Gasteiger partial charge in [0.25, 0.3) is 17.7 Å². The lowest BCUT2D eigenvalue weighted by molar-refractivity contribution is -0.140. The lowest BCUT2D eigenvalue weighted by Crippen LogP contribution is -2.28. The number of benzene rings is 2. The second-order valence-corrected chi connectivity index (χ2v) is 8.53. The number of ether oxygens (including phenoxy) is 1. The molecule has 4 atom stereocenters. The standard InChI is InChI=1S/C24H20ClN3O4/c25-18-10-14(6-9-19(18)32-13-20(29)27-17-4-2-1-3-5-17)12-26-28-23(30)21-15-7-8-16(11-15)22(21)24(28)31/h1-10,12,15-16,21-22H,11,13H2,(H,27,29)/t15-,16-,21-,22+/m0/s1. The molecule has 7 nitrogen and oxygen atoms in total. The highest BCUT2D eigenvalue weighted by Gasteiger charge is 2.59. The molecule has 0 spiro atoms. The van der Waals surface area contributed by atoms with Gasteiger partial charge in [0.1, 0.15) is 5.75 Å². The molecule has 1 aliphatic heterocycles. The van der Waals surface area contributed by atoms with Gasteiger partial charge in [-0.2, -0.15) is 10.1 Å². The average Bonchev–Trinajstić information content (AvgIpc) is 3.47. The summed E-state index contributed by atoms with van der Waals surface area (Å²) in [6.45, 7) is -0.196. The van der Waals surface area contributed by atoms with Crippen LogP contribution in [-0.4, -0.2) is 35.6 Å². The highest BCUT2D eigenvalue weighted by molar-refractivity contribution is 6.32. The van der Waals surface area contributed by atoms with Gasteiger partial charge in [0.15, 0.2) is 6.61 Å². The molecule has 8 heteroatoms. The van der Waals surface area contributed by atoms with Crippen LogP contribution in [0.5, 0.6) is 5.75 Å². The minimum Gasteiger partial charge on any atom is -0.482 e. The highest BCUT2D eigenvalue weighted by atomic mass is 35.5. The third kappa shape index (κ3) is 3.69. The second-order valence-electron chi connectivity index (χ2n) is 8.13. The van der Waals surface area contributed by atoms with Crippen LogP contribution in [0.2, 0.25) is 5.02 Å². The summed E-state index contributed by atoms with van der Waals surface area (Å²) in [6.07, 6.45) is 6.40. The van der Waals surface area contributed by atoms with E-state index < -0.39 is 0 Å². The Morgan fingerprint density at radius 3 is 2.44 bits per heavy atom. The summed E-state index contributed by atoms with van der Waals surface area (Å²) < 4.78 is 5.50. The number of fused-ring (bicyclic) bond motifs is 5. The quantitative estimate of drug-likeness (QED) is 0.415. The first kappa shape index (κ1) is 20.5. The summed E-state index contributed by atoms with van der Waals surface area (Å²) in [7, 11) is 0. The van der Waals surface area contributed by atoms with E-state index in [1.807, 2.05) is 30.4 Å². The number of para-hydroxylation sites is 1. The number of carbonyl (C=O) groups is 3. The minimum atomic E-state index is -0.307. The number of amides is 3. The van der Waals surface area contributed by atoms with E-state index in [1.165, 1.54) is 6.21 Å². The molecule has 2 aromatic carbocycles. The predicted molar refractivity (Wildman–Crippen MR) is 119 cm³/mol. The SMILES string of the molecule is O=C(COc1ccc(C=NN2C(=O)[C@@H]3[C@H](C2=O)[C@H]2C=C[C@H]3C2)cc1Cl)Nc1ccccc1. The third-order valence-electron chi connectivity index (χ3n) is 6.14. The first-order valence-corrected chi connectivity index (χ1v) is 10.8. The normalized spacial score (nSPS) is 25.6. The van der Waals surface area contributed by atoms with Gasteiger partial charge >= 0.3 is 0 Å². The average molecular weight is 450 g/mol. The van der Waals surface area contributed by atoms with Gasteiger partial charge < -0.3 is 10.1 Å². The van der Waals surface area contributed by atoms with E-state index in [4.69, 9.17) is 16.3 Å². The number of allylic oxidation sites excluding steroid dienone is 2. The maximum atomic E-state index is 12.7. The summed E-state index contributed by atoms with van der Waals surface area (Å²) in [5.74, 6) is -0.701. The van der Waals surface area contributed by atoms with Crippen molar-refractivity contribution in [2.24, 2.45) is 28.8 Å². The number of anilines is 1. The van der Waals surface area contributed by atoms with E-state index in [0.29, 0.717) is 22.0 Å². The Labute approximate surface area is 189 Å². The maximum Gasteiger partial charge on any atom is 0.262 e. The zero-order valence-corrected chi connectivity index (χ0v) is 17.7. The number of hydrazone groups is 1. The van der Waals surface area contributed by atoms with E-state index in [1.54, 1.807) is 30.3 Å². The number of rotatable bonds is 6. The lowest BCUT2D eigenvalue weighted by atomic mass is 9.85. The first-order chi connectivity index (χ1) is 15.5. The van der Waals surface area contributed by atoms with Gasteiger partial charge in [-0.1, -0.05) is 42.0 Å². The number of carbonyl (C=O) groups excluding carboxylic acids is 3. The molecule has 0 unspecified atom stereocenters. The molecule has 3 aliphatic rings. The van der Waals surface area contributed by atoms with Gasteiger partial charge in [0.05, 0.1) is 23.1 Å². The van der Waals surface area contributed by atoms with Gasteiger partial charge in [-0.25, -0.2) is 0 Å². The summed E-state index contributed by atoms with van der Waals surface area (Å²) in [5, 5.41) is 8.16. The Kier molecular flexibility index (Phi) is 5.27. The predicted octanol–water partition coefficient (Wildman–Crippen LogP) is 3.50. The summed E-state index contributed by atoms with van der Waals surface area (Å²) >= 11 is 6.28. The van der Waals surface area contributed by atoms with E-state index in [-0.39, 0.29) is 48.0 Å². The molecule has 2 aromatic rings. The van der Waals surface area contributed by atoms with Crippen molar-refractivity contribution >= 4 is 41.2 Å². The Morgan fingerprint density at radius 1 is 1.09 bits per heavy atom. The molecule has 162 valence electrons. The van der Waals surface area contributed by atoms with Crippen LogP contribution in [0.4, 0.5) is 5.69 Å². The molecular weight excluding hydrogens is 430 g/mol. The molecule has 1 saturated carbocycles. The van der Waals surface area contributed by atoms with E-state index in [2.05, 4.69) is 10.4 Å². The van der Waals surface area contributed by atoms with E-state index in [0.717, 1.165) is 11.4 Å². The molecule has 1 heterocycles. The largest absolute Gasteiger partial charge is 0.482 e. The van der Waals surface area contributed by atoms with Crippen molar-refractivity contribution in [2.75, 3.05) is 11.9 Å². The van der Waals surface area contributed by atoms with Crippen LogP contribution in [0, 0.1) is 23.7 Å². The molecule has 2 aliphatic carbocycles. The van der Waals surface area contributed by atoms with Crippen LogP contribution in [0.25, 0.3) is 0 Å². The van der Waals surface area contributed by atoms with Crippen molar-refractivity contribution in [1.82, 2.24) is 5.01 Å². The molecule has 2 bridgehead atoms. The molecular formula is C24H20ClN3O4. The Hall–Kier alpha value is -3.45. The maximum absolute atomic E-state index is 12.7. The molecule has 5 rings (SSSR count). The fourth-order valence-electron chi connectivity index (χ4n) is 4.70. The summed E-state index contributed by atoms with van der Waals surface area (Å²) in [6, 6.07) is 14.0. The van der Waals surface area contributed by atoms with Crippen LogP contribution in [0.15, 0.2) is 65.8 Å². The topological polar surface area (TPSA) is 88.1 Å². The number of nitrogens with one attached hydrogen (secondary N) is 1. The minimum absolute atomic E-state index is 0.145. The van der Waals surface area contributed by atoms with Gasteiger partial charge in [-0.15, -0.1) is 0 Å². The highest BCUT2D eigenvalue weighted by Crippen LogP contribution is 2.52. The summed E-state index contributed by atoms with van der Waals surface area (Å²) in [4.78, 5) is 37.4. The van der Waals surface area contributed by atoms with Crippen molar-refractivity contribution in [2.45, 2.75) is 6.42 Å². The molecule has 0 aromatic heterocycles. The number of hydrogen-bond acceptors (Lipinski definition) is 5. The second kappa shape index (κ2) is 8.24. The third-order valence-corrected chi connectivity index (χ3v) is 6.44. The van der Waals surface area contributed by atoms with Gasteiger partial charge in [0, 0.05) is 5.69 Å². The molecule has 1 saturated heterocycles. The van der Waals surface area contributed by atoms with E-state index in [9.17, 15) is 14.4 Å². The molecule has 0 radical (unpaired) electrons. The number of imide groups is 1. The number of hydrogen-bond donors (Lipinski definition) is 1. The number of nitrogens with zero attached hydrogens (tertiary/aromatic N) is 2. The Balaban J connectivity index is 1.20. The molecule has 32 heavy (non-hydrogen) atoms. The lowest BCUT2D eigenvalue weighted by Gasteiger charge is -2.13. The van der Waals surface area contributed by atoms with Crippen LogP contribution >= 0.6 is 11.6 Å².